The first kappa shape index (κ1) is 12.3. The zero-order chi connectivity index (χ0) is 11.5. The van der Waals surface area contributed by atoms with E-state index in [4.69, 9.17) is 0 Å². The van der Waals surface area contributed by atoms with Gasteiger partial charge in [0.15, 0.2) is 0 Å². The molecule has 1 rings (SSSR count). The number of hydrogen-bond donors (Lipinski definition) is 1. The van der Waals surface area contributed by atoms with Gasteiger partial charge < -0.3 is 15.1 Å². The molecule has 15 heavy (non-hydrogen) atoms. The van der Waals surface area contributed by atoms with Gasteiger partial charge in [0.25, 0.3) is 0 Å². The third kappa shape index (κ3) is 2.62. The lowest BCUT2D eigenvalue weighted by atomic mass is 9.75. The minimum atomic E-state index is 0.0330. The Morgan fingerprint density at radius 1 is 1.33 bits per heavy atom. The maximum atomic E-state index is 11.6. The average molecular weight is 213 g/mol. The van der Waals surface area contributed by atoms with Crippen molar-refractivity contribution in [3.8, 4) is 0 Å². The van der Waals surface area contributed by atoms with E-state index in [0.29, 0.717) is 0 Å². The van der Waals surface area contributed by atoms with E-state index in [9.17, 15) is 4.79 Å². The monoisotopic (exact) mass is 213 g/mol. The third-order valence-corrected chi connectivity index (χ3v) is 3.62. The van der Waals surface area contributed by atoms with Crippen LogP contribution >= 0.6 is 0 Å². The minimum Gasteiger partial charge on any atom is -0.336 e. The van der Waals surface area contributed by atoms with Crippen molar-refractivity contribution in [1.29, 1.82) is 0 Å². The van der Waals surface area contributed by atoms with Gasteiger partial charge in [-0.15, -0.1) is 0 Å². The van der Waals surface area contributed by atoms with Crippen molar-refractivity contribution in [3.05, 3.63) is 0 Å². The summed E-state index contributed by atoms with van der Waals surface area (Å²) in [5.74, 6) is 0. The van der Waals surface area contributed by atoms with Crippen LogP contribution in [0.1, 0.15) is 26.2 Å². The zero-order valence-corrected chi connectivity index (χ0v) is 10.3. The van der Waals surface area contributed by atoms with E-state index in [0.717, 1.165) is 13.1 Å². The standard InChI is InChI=1S/C11H23N3O/c1-5-14(4)10(15)12-9-11(13(2)3)7-6-8-11/h5-9H2,1-4H3,(H,12,15). The summed E-state index contributed by atoms with van der Waals surface area (Å²) in [6, 6.07) is 0.0330. The summed E-state index contributed by atoms with van der Waals surface area (Å²) >= 11 is 0. The summed E-state index contributed by atoms with van der Waals surface area (Å²) < 4.78 is 0. The summed E-state index contributed by atoms with van der Waals surface area (Å²) in [6.45, 7) is 3.49. The van der Waals surface area contributed by atoms with Crippen LogP contribution < -0.4 is 5.32 Å². The molecule has 4 heteroatoms. The number of likely N-dealkylation sites (N-methyl/N-ethyl adjacent to an activating group) is 1. The van der Waals surface area contributed by atoms with Crippen molar-refractivity contribution >= 4 is 6.03 Å². The van der Waals surface area contributed by atoms with E-state index in [2.05, 4.69) is 24.3 Å². The van der Waals surface area contributed by atoms with Gasteiger partial charge in [-0.05, 0) is 40.3 Å². The van der Waals surface area contributed by atoms with Crippen molar-refractivity contribution in [1.82, 2.24) is 15.1 Å². The van der Waals surface area contributed by atoms with Crippen molar-refractivity contribution in [3.63, 3.8) is 0 Å². The molecule has 0 unspecified atom stereocenters. The van der Waals surface area contributed by atoms with Gasteiger partial charge in [0, 0.05) is 25.7 Å². The van der Waals surface area contributed by atoms with Crippen molar-refractivity contribution in [2.24, 2.45) is 0 Å². The van der Waals surface area contributed by atoms with Gasteiger partial charge in [-0.1, -0.05) is 0 Å². The zero-order valence-electron chi connectivity index (χ0n) is 10.3. The first-order chi connectivity index (χ1) is 7.02. The lowest BCUT2D eigenvalue weighted by Crippen LogP contribution is -2.58. The molecule has 0 aromatic rings. The second-order valence-electron chi connectivity index (χ2n) is 4.65. The SMILES string of the molecule is CCN(C)C(=O)NCC1(N(C)C)CCC1. The van der Waals surface area contributed by atoms with E-state index < -0.39 is 0 Å². The number of urea groups is 1. The molecule has 0 heterocycles. The highest BCUT2D eigenvalue weighted by molar-refractivity contribution is 5.73. The fraction of sp³-hybridized carbons (Fsp3) is 0.909. The molecule has 0 spiro atoms. The predicted molar refractivity (Wildman–Crippen MR) is 62.0 cm³/mol. The highest BCUT2D eigenvalue weighted by Crippen LogP contribution is 2.35. The van der Waals surface area contributed by atoms with Crippen molar-refractivity contribution in [2.75, 3.05) is 34.2 Å². The minimum absolute atomic E-state index is 0.0330. The van der Waals surface area contributed by atoms with Gasteiger partial charge >= 0.3 is 6.03 Å². The van der Waals surface area contributed by atoms with Crippen molar-refractivity contribution < 1.29 is 4.79 Å². The summed E-state index contributed by atoms with van der Waals surface area (Å²) in [4.78, 5) is 15.5. The Hall–Kier alpha value is -0.770. The van der Waals surface area contributed by atoms with Gasteiger partial charge in [0.2, 0.25) is 0 Å². The normalized spacial score (nSPS) is 18.5. The Morgan fingerprint density at radius 2 is 1.93 bits per heavy atom. The van der Waals surface area contributed by atoms with E-state index in [-0.39, 0.29) is 11.6 Å². The highest BCUT2D eigenvalue weighted by Gasteiger charge is 2.39. The van der Waals surface area contributed by atoms with Gasteiger partial charge in [0.05, 0.1) is 0 Å². The lowest BCUT2D eigenvalue weighted by Gasteiger charge is -2.47. The number of nitrogens with zero attached hydrogens (tertiary/aromatic N) is 2. The quantitative estimate of drug-likeness (QED) is 0.760. The molecule has 0 aromatic carbocycles. The van der Waals surface area contributed by atoms with Gasteiger partial charge in [0.1, 0.15) is 0 Å². The lowest BCUT2D eigenvalue weighted by molar-refractivity contribution is 0.0612. The third-order valence-electron chi connectivity index (χ3n) is 3.62. The van der Waals surface area contributed by atoms with E-state index in [1.165, 1.54) is 19.3 Å². The molecule has 4 nitrogen and oxygen atoms in total. The second kappa shape index (κ2) is 4.84. The van der Waals surface area contributed by atoms with Crippen LogP contribution in [-0.2, 0) is 0 Å². The topological polar surface area (TPSA) is 35.6 Å². The fourth-order valence-electron chi connectivity index (χ4n) is 1.89. The highest BCUT2D eigenvalue weighted by atomic mass is 16.2. The molecule has 1 fully saturated rings. The van der Waals surface area contributed by atoms with E-state index >= 15 is 0 Å². The number of rotatable bonds is 4. The van der Waals surface area contributed by atoms with Gasteiger partial charge in [-0.3, -0.25) is 0 Å². The molecular formula is C11H23N3O. The molecule has 0 aliphatic heterocycles. The van der Waals surface area contributed by atoms with Crippen LogP contribution in [0.4, 0.5) is 4.79 Å². The molecule has 0 atom stereocenters. The van der Waals surface area contributed by atoms with E-state index in [1.807, 2.05) is 14.0 Å². The molecular weight excluding hydrogens is 190 g/mol. The number of carbonyl (C=O) groups excluding carboxylic acids is 1. The molecule has 1 aliphatic carbocycles. The Morgan fingerprint density at radius 3 is 2.27 bits per heavy atom. The molecule has 1 N–H and O–H groups in total. The van der Waals surface area contributed by atoms with Crippen LogP contribution in [0.3, 0.4) is 0 Å². The Bertz CT molecular complexity index is 224. The van der Waals surface area contributed by atoms with Gasteiger partial charge in [-0.2, -0.15) is 0 Å². The van der Waals surface area contributed by atoms with Crippen LogP contribution in [0.15, 0.2) is 0 Å². The molecule has 0 saturated heterocycles. The molecule has 0 aromatic heterocycles. The summed E-state index contributed by atoms with van der Waals surface area (Å²) in [6.07, 6.45) is 3.66. The smallest absolute Gasteiger partial charge is 0.317 e. The fourth-order valence-corrected chi connectivity index (χ4v) is 1.89. The van der Waals surface area contributed by atoms with Crippen LogP contribution in [0.25, 0.3) is 0 Å². The predicted octanol–water partition coefficient (Wildman–Crippen LogP) is 1.13. The summed E-state index contributed by atoms with van der Waals surface area (Å²) in [5.41, 5.74) is 0.213. The van der Waals surface area contributed by atoms with Gasteiger partial charge in [-0.25, -0.2) is 4.79 Å². The van der Waals surface area contributed by atoms with Crippen LogP contribution in [0.5, 0.6) is 0 Å². The first-order valence-electron chi connectivity index (χ1n) is 5.68. The van der Waals surface area contributed by atoms with Crippen molar-refractivity contribution in [2.45, 2.75) is 31.7 Å². The molecule has 2 amide bonds. The maximum absolute atomic E-state index is 11.6. The summed E-state index contributed by atoms with van der Waals surface area (Å²) in [7, 11) is 6.00. The van der Waals surface area contributed by atoms with E-state index in [1.54, 1.807) is 4.90 Å². The molecule has 0 radical (unpaired) electrons. The number of carbonyl (C=O) groups is 1. The Kier molecular flexibility index (Phi) is 3.97. The van der Waals surface area contributed by atoms with Crippen LogP contribution in [0.2, 0.25) is 0 Å². The Labute approximate surface area is 92.6 Å². The number of nitrogens with one attached hydrogen (secondary N) is 1. The molecule has 1 aliphatic rings. The maximum Gasteiger partial charge on any atom is 0.317 e. The molecule has 88 valence electrons. The largest absolute Gasteiger partial charge is 0.336 e. The second-order valence-corrected chi connectivity index (χ2v) is 4.65. The number of amides is 2. The average Bonchev–Trinajstić information content (AvgIpc) is 2.14. The van der Waals surface area contributed by atoms with Crippen LogP contribution in [0, 0.1) is 0 Å². The number of hydrogen-bond acceptors (Lipinski definition) is 2. The molecule has 1 saturated carbocycles. The van der Waals surface area contributed by atoms with Crippen LogP contribution in [-0.4, -0.2) is 55.6 Å². The first-order valence-corrected chi connectivity index (χ1v) is 5.68. The molecule has 0 bridgehead atoms. The summed E-state index contributed by atoms with van der Waals surface area (Å²) in [5, 5.41) is 3.00. The Balaban J connectivity index is 2.38.